The van der Waals surface area contributed by atoms with Crippen LogP contribution in [0.25, 0.3) is 0 Å². The van der Waals surface area contributed by atoms with Crippen molar-refractivity contribution < 1.29 is 45.6 Å². The van der Waals surface area contributed by atoms with Crippen molar-refractivity contribution in [3.05, 3.63) is 96.1 Å². The molecule has 0 aliphatic carbocycles. The van der Waals surface area contributed by atoms with E-state index in [-0.39, 0.29) is 64.8 Å². The number of benzene rings is 4. The molecule has 0 bridgehead atoms. The van der Waals surface area contributed by atoms with E-state index < -0.39 is 20.2 Å². The zero-order chi connectivity index (χ0) is 36.6. The van der Waals surface area contributed by atoms with Crippen LogP contribution in [0.4, 0.5) is 0 Å². The van der Waals surface area contributed by atoms with Crippen LogP contribution in [-0.4, -0.2) is 68.8 Å². The first-order chi connectivity index (χ1) is 23.8. The van der Waals surface area contributed by atoms with Crippen LogP contribution in [0.2, 0.25) is 0 Å². The van der Waals surface area contributed by atoms with E-state index in [9.17, 15) is 31.6 Å². The van der Waals surface area contributed by atoms with Crippen molar-refractivity contribution in [3.8, 4) is 34.5 Å². The second-order valence-electron chi connectivity index (χ2n) is 12.0. The molecule has 4 aromatic carbocycles. The van der Waals surface area contributed by atoms with Gasteiger partial charge in [-0.1, -0.05) is 89.0 Å². The second-order valence-corrected chi connectivity index (χ2v) is 14.8. The molecule has 0 saturated heterocycles. The third kappa shape index (κ3) is 16.2. The van der Waals surface area contributed by atoms with E-state index in [1.807, 2.05) is 0 Å². The molecule has 0 aromatic heterocycles. The third-order valence-electron chi connectivity index (χ3n) is 7.85. The minimum Gasteiger partial charge on any atom is -0.872 e. The Morgan fingerprint density at radius 3 is 1.57 bits per heavy atom. The largest absolute Gasteiger partial charge is 2.00 e. The summed E-state index contributed by atoms with van der Waals surface area (Å²) in [5, 5.41) is 21.9. The number of ether oxygens (including phenoxy) is 2. The number of phenols is 1. The summed E-state index contributed by atoms with van der Waals surface area (Å²) in [6.45, 7) is 4.33. The Morgan fingerprint density at radius 2 is 1.04 bits per heavy atom. The summed E-state index contributed by atoms with van der Waals surface area (Å²) in [6.07, 6.45) is 12.7. The van der Waals surface area contributed by atoms with Crippen LogP contribution < -0.4 is 14.6 Å². The molecular weight excluding hydrogens is 721 g/mol. The van der Waals surface area contributed by atoms with Crippen LogP contribution in [0.3, 0.4) is 0 Å². The zero-order valence-electron chi connectivity index (χ0n) is 29.3. The monoisotopic (exact) mass is 766 g/mol. The standard InChI is InChI=1S/2C19H24O5S.Ca/c2*1-2-3-4-5-6-8-15-13-17(11-12-19(15)20)24-16-9-7-10-18(14-16)25(21,22)23;/h2*7,9-14,20H,2-6,8H2,1H3,(H,21,22,23);/q;;+2/p-2. The summed E-state index contributed by atoms with van der Waals surface area (Å²) >= 11 is 0. The summed E-state index contributed by atoms with van der Waals surface area (Å²) in [6, 6.07) is 20.7. The molecule has 4 aromatic rings. The van der Waals surface area contributed by atoms with Gasteiger partial charge in [-0.15, -0.1) is 5.75 Å². The molecule has 0 radical (unpaired) electrons. The van der Waals surface area contributed by atoms with Gasteiger partial charge in [0, 0.05) is 6.07 Å². The Kier molecular flexibility index (Phi) is 19.4. The number of phenolic OH excluding ortho intramolecular Hbond substituents is 1. The van der Waals surface area contributed by atoms with Crippen molar-refractivity contribution in [1.82, 2.24) is 0 Å². The molecule has 10 nitrogen and oxygen atoms in total. The van der Waals surface area contributed by atoms with Crippen molar-refractivity contribution >= 4 is 58.0 Å². The Morgan fingerprint density at radius 1 is 0.588 bits per heavy atom. The summed E-state index contributed by atoms with van der Waals surface area (Å²) in [5.41, 5.74) is 1.49. The molecule has 0 saturated carbocycles. The molecule has 4 rings (SSSR count). The molecule has 51 heavy (non-hydrogen) atoms. The van der Waals surface area contributed by atoms with E-state index in [2.05, 4.69) is 13.8 Å². The van der Waals surface area contributed by atoms with Gasteiger partial charge in [0.15, 0.2) is 0 Å². The summed E-state index contributed by atoms with van der Waals surface area (Å²) in [4.78, 5) is -0.568. The van der Waals surface area contributed by atoms with Crippen molar-refractivity contribution in [1.29, 1.82) is 0 Å². The van der Waals surface area contributed by atoms with E-state index in [0.717, 1.165) is 44.1 Å². The third-order valence-corrected chi connectivity index (χ3v) is 9.53. The van der Waals surface area contributed by atoms with Gasteiger partial charge in [-0.3, -0.25) is 4.55 Å². The van der Waals surface area contributed by atoms with Gasteiger partial charge in [-0.2, -0.15) is 8.42 Å². The van der Waals surface area contributed by atoms with E-state index >= 15 is 0 Å². The molecule has 13 heteroatoms. The topological polar surface area (TPSA) is 173 Å². The molecule has 2 N–H and O–H groups in total. The van der Waals surface area contributed by atoms with Gasteiger partial charge in [0.2, 0.25) is 0 Å². The molecule has 0 spiro atoms. The van der Waals surface area contributed by atoms with Gasteiger partial charge in [0.05, 0.1) is 9.79 Å². The molecule has 0 aliphatic rings. The second kappa shape index (κ2) is 22.3. The average molecular weight is 767 g/mol. The number of hydrogen-bond acceptors (Lipinski definition) is 9. The number of aromatic hydroxyl groups is 1. The maximum absolute atomic E-state index is 12.0. The number of hydrogen-bond donors (Lipinski definition) is 2. The van der Waals surface area contributed by atoms with E-state index in [1.165, 1.54) is 74.6 Å². The van der Waals surface area contributed by atoms with Crippen LogP contribution in [0.1, 0.15) is 89.2 Å². The Hall–Kier alpha value is -2.84. The zero-order valence-corrected chi connectivity index (χ0v) is 33.1. The Balaban J connectivity index is 0.000000347. The summed E-state index contributed by atoms with van der Waals surface area (Å²) < 4.78 is 76.0. The molecular formula is C38H46CaO10S2. The van der Waals surface area contributed by atoms with Crippen molar-refractivity contribution in [2.45, 2.75) is 101 Å². The maximum atomic E-state index is 12.0. The molecule has 0 heterocycles. The predicted octanol–water partition coefficient (Wildman–Crippen LogP) is 8.53. The average Bonchev–Trinajstić information content (AvgIpc) is 3.07. The fourth-order valence-electron chi connectivity index (χ4n) is 5.14. The Bertz CT molecular complexity index is 1740. The van der Waals surface area contributed by atoms with Crippen molar-refractivity contribution in [2.75, 3.05) is 0 Å². The minimum absolute atomic E-state index is 0. The van der Waals surface area contributed by atoms with Gasteiger partial charge in [-0.25, -0.2) is 8.42 Å². The van der Waals surface area contributed by atoms with Gasteiger partial charge in [0.1, 0.15) is 38.9 Å². The van der Waals surface area contributed by atoms with Crippen LogP contribution in [-0.2, 0) is 33.1 Å². The molecule has 272 valence electrons. The molecule has 0 atom stereocenters. The molecule has 0 fully saturated rings. The maximum Gasteiger partial charge on any atom is 2.00 e. The van der Waals surface area contributed by atoms with Crippen LogP contribution in [0, 0.1) is 0 Å². The van der Waals surface area contributed by atoms with E-state index in [1.54, 1.807) is 42.5 Å². The first-order valence-electron chi connectivity index (χ1n) is 16.9. The smallest absolute Gasteiger partial charge is 0.872 e. The van der Waals surface area contributed by atoms with Gasteiger partial charge < -0.3 is 24.2 Å². The first-order valence-corrected chi connectivity index (χ1v) is 19.8. The summed E-state index contributed by atoms with van der Waals surface area (Å²) in [5.74, 6) is 1.70. The quantitative estimate of drug-likeness (QED) is 0.0568. The van der Waals surface area contributed by atoms with Crippen LogP contribution >= 0.6 is 0 Å². The minimum atomic E-state index is -4.53. The molecule has 0 amide bonds. The van der Waals surface area contributed by atoms with Crippen LogP contribution in [0.15, 0.2) is 94.7 Å². The van der Waals surface area contributed by atoms with Gasteiger partial charge >= 0.3 is 37.7 Å². The van der Waals surface area contributed by atoms with Crippen molar-refractivity contribution in [2.24, 2.45) is 0 Å². The van der Waals surface area contributed by atoms with E-state index in [4.69, 9.17) is 14.0 Å². The fraction of sp³-hybridized carbons (Fsp3) is 0.368. The van der Waals surface area contributed by atoms with Crippen molar-refractivity contribution in [3.63, 3.8) is 0 Å². The predicted molar refractivity (Wildman–Crippen MR) is 195 cm³/mol. The van der Waals surface area contributed by atoms with Gasteiger partial charge in [-0.05, 0) is 91.9 Å². The summed E-state index contributed by atoms with van der Waals surface area (Å²) in [7, 11) is -8.80. The number of unbranched alkanes of at least 4 members (excludes halogenated alkanes) is 8. The SMILES string of the molecule is CCCCCCCc1cc(Oc2cccc(S(=O)(=O)O)c2)ccc1O.CCCCCCCc1cc(Oc2cccc(S(=O)(=O)[O-])c2)ccc1[O-].[Ca+2]. The fourth-order valence-corrected chi connectivity index (χ4v) is 6.16. The van der Waals surface area contributed by atoms with E-state index in [0.29, 0.717) is 29.2 Å². The number of aryl methyl sites for hydroxylation is 2. The first kappa shape index (κ1) is 44.3. The number of rotatable bonds is 18. The van der Waals surface area contributed by atoms with Gasteiger partial charge in [0.25, 0.3) is 10.1 Å². The molecule has 0 unspecified atom stereocenters. The van der Waals surface area contributed by atoms with Crippen LogP contribution in [0.5, 0.6) is 34.5 Å². The Labute approximate surface area is 332 Å². The normalized spacial score (nSPS) is 11.2. The molecule has 0 aliphatic heterocycles.